The van der Waals surface area contributed by atoms with E-state index in [0.29, 0.717) is 10.6 Å². The topological polar surface area (TPSA) is 29.1 Å². The zero-order chi connectivity index (χ0) is 17.6. The lowest BCUT2D eigenvalue weighted by Gasteiger charge is -2.12. The third-order valence-electron chi connectivity index (χ3n) is 3.81. The van der Waals surface area contributed by atoms with Crippen molar-refractivity contribution in [3.05, 3.63) is 94.5 Å². The average molecular weight is 368 g/mol. The van der Waals surface area contributed by atoms with E-state index in [4.69, 9.17) is 11.6 Å². The van der Waals surface area contributed by atoms with Crippen molar-refractivity contribution in [2.75, 3.05) is 5.32 Å². The van der Waals surface area contributed by atoms with Gasteiger partial charge in [0.15, 0.2) is 0 Å². The van der Waals surface area contributed by atoms with Gasteiger partial charge in [0.05, 0.1) is 5.56 Å². The molecule has 0 unspecified atom stereocenters. The Morgan fingerprint density at radius 3 is 2.48 bits per heavy atom. The van der Waals surface area contributed by atoms with Gasteiger partial charge in [0.25, 0.3) is 5.91 Å². The molecule has 25 heavy (non-hydrogen) atoms. The fourth-order valence-electron chi connectivity index (χ4n) is 2.47. The number of carbonyl (C=O) groups excluding carboxylic acids is 1. The normalized spacial score (nSPS) is 10.5. The van der Waals surface area contributed by atoms with Crippen LogP contribution in [0.3, 0.4) is 0 Å². The monoisotopic (exact) mass is 367 g/mol. The van der Waals surface area contributed by atoms with E-state index < -0.39 is 0 Å². The van der Waals surface area contributed by atoms with E-state index in [1.807, 2.05) is 61.5 Å². The van der Waals surface area contributed by atoms with Crippen LogP contribution in [-0.2, 0) is 5.75 Å². The smallest absolute Gasteiger partial charge is 0.256 e. The second kappa shape index (κ2) is 8.24. The van der Waals surface area contributed by atoms with Crippen molar-refractivity contribution in [2.45, 2.75) is 17.6 Å². The molecular weight excluding hydrogens is 350 g/mol. The number of nitrogens with one attached hydrogen (secondary N) is 1. The molecule has 3 rings (SSSR count). The Labute approximate surface area is 157 Å². The maximum absolute atomic E-state index is 12.7. The molecule has 0 bridgehead atoms. The van der Waals surface area contributed by atoms with E-state index in [1.54, 1.807) is 17.8 Å². The molecule has 0 spiro atoms. The van der Waals surface area contributed by atoms with Crippen LogP contribution >= 0.6 is 23.4 Å². The molecule has 1 N–H and O–H groups in total. The molecule has 1 amide bonds. The molecule has 0 saturated heterocycles. The summed E-state index contributed by atoms with van der Waals surface area (Å²) < 4.78 is 0. The van der Waals surface area contributed by atoms with E-state index in [9.17, 15) is 4.79 Å². The number of aryl methyl sites for hydroxylation is 1. The van der Waals surface area contributed by atoms with Crippen LogP contribution in [0.5, 0.6) is 0 Å². The van der Waals surface area contributed by atoms with Crippen LogP contribution < -0.4 is 5.32 Å². The molecule has 0 saturated carbocycles. The molecule has 0 aliphatic rings. The van der Waals surface area contributed by atoms with Crippen LogP contribution in [0.15, 0.2) is 77.7 Å². The fraction of sp³-hybridized carbons (Fsp3) is 0.0952. The Morgan fingerprint density at radius 1 is 1.00 bits per heavy atom. The number of halogens is 1. The van der Waals surface area contributed by atoms with Crippen LogP contribution in [0.4, 0.5) is 5.69 Å². The molecule has 0 fully saturated rings. The molecule has 0 aliphatic carbocycles. The van der Waals surface area contributed by atoms with Gasteiger partial charge in [-0.25, -0.2) is 0 Å². The summed E-state index contributed by atoms with van der Waals surface area (Å²) in [5, 5.41) is 3.64. The van der Waals surface area contributed by atoms with E-state index in [-0.39, 0.29) is 5.91 Å². The van der Waals surface area contributed by atoms with Crippen molar-refractivity contribution in [3.8, 4) is 0 Å². The van der Waals surface area contributed by atoms with Gasteiger partial charge in [-0.2, -0.15) is 0 Å². The lowest BCUT2D eigenvalue weighted by atomic mass is 10.1. The third kappa shape index (κ3) is 4.65. The summed E-state index contributed by atoms with van der Waals surface area (Å²) in [4.78, 5) is 13.7. The predicted molar refractivity (Wildman–Crippen MR) is 107 cm³/mol. The van der Waals surface area contributed by atoms with E-state index in [2.05, 4.69) is 17.4 Å². The van der Waals surface area contributed by atoms with Crippen molar-refractivity contribution in [1.82, 2.24) is 0 Å². The molecule has 4 heteroatoms. The van der Waals surface area contributed by atoms with Gasteiger partial charge in [-0.15, -0.1) is 11.8 Å². The first-order chi connectivity index (χ1) is 12.1. The second-order valence-electron chi connectivity index (χ2n) is 5.68. The minimum atomic E-state index is -0.110. The van der Waals surface area contributed by atoms with Gasteiger partial charge in [-0.05, 0) is 48.4 Å². The van der Waals surface area contributed by atoms with Gasteiger partial charge < -0.3 is 5.32 Å². The van der Waals surface area contributed by atoms with Crippen LogP contribution in [0.1, 0.15) is 21.5 Å². The number of anilines is 1. The van der Waals surface area contributed by atoms with Gasteiger partial charge in [-0.3, -0.25) is 4.79 Å². The fourth-order valence-corrected chi connectivity index (χ4v) is 3.70. The largest absolute Gasteiger partial charge is 0.322 e. The van der Waals surface area contributed by atoms with Gasteiger partial charge in [0, 0.05) is 21.4 Å². The minimum absolute atomic E-state index is 0.110. The molecular formula is C21H18ClNOS. The van der Waals surface area contributed by atoms with Crippen molar-refractivity contribution >= 4 is 35.0 Å². The number of thioether (sulfide) groups is 1. The summed E-state index contributed by atoms with van der Waals surface area (Å²) >= 11 is 7.64. The lowest BCUT2D eigenvalue weighted by Crippen LogP contribution is -2.13. The second-order valence-corrected chi connectivity index (χ2v) is 7.14. The predicted octanol–water partition coefficient (Wildman–Crippen LogP) is 6.19. The molecule has 0 aromatic heterocycles. The van der Waals surface area contributed by atoms with Crippen LogP contribution in [0, 0.1) is 6.92 Å². The summed E-state index contributed by atoms with van der Waals surface area (Å²) in [7, 11) is 0. The quantitative estimate of drug-likeness (QED) is 0.544. The Kier molecular flexibility index (Phi) is 5.79. The highest BCUT2D eigenvalue weighted by Crippen LogP contribution is 2.27. The number of benzene rings is 3. The standard InChI is InChI=1S/C21H18ClNOS/c1-15-13-17(22)11-12-19(15)23-21(24)18-9-5-6-10-20(18)25-14-16-7-3-2-4-8-16/h2-13H,14H2,1H3,(H,23,24). The van der Waals surface area contributed by atoms with Gasteiger partial charge in [-0.1, -0.05) is 54.1 Å². The van der Waals surface area contributed by atoms with Crippen LogP contribution in [0.25, 0.3) is 0 Å². The molecule has 3 aromatic carbocycles. The first-order valence-corrected chi connectivity index (χ1v) is 9.33. The number of hydrogen-bond acceptors (Lipinski definition) is 2. The summed E-state index contributed by atoms with van der Waals surface area (Å²) in [6.07, 6.45) is 0. The van der Waals surface area contributed by atoms with Crippen molar-refractivity contribution in [3.63, 3.8) is 0 Å². The highest BCUT2D eigenvalue weighted by molar-refractivity contribution is 7.98. The highest BCUT2D eigenvalue weighted by atomic mass is 35.5. The number of hydrogen-bond donors (Lipinski definition) is 1. The average Bonchev–Trinajstić information content (AvgIpc) is 2.63. The molecule has 0 aliphatic heterocycles. The lowest BCUT2D eigenvalue weighted by molar-refractivity contribution is 0.102. The maximum atomic E-state index is 12.7. The van der Waals surface area contributed by atoms with Crippen molar-refractivity contribution in [1.29, 1.82) is 0 Å². The van der Waals surface area contributed by atoms with E-state index in [1.165, 1.54) is 5.56 Å². The Balaban J connectivity index is 1.76. The van der Waals surface area contributed by atoms with Crippen LogP contribution in [-0.4, -0.2) is 5.91 Å². The number of amides is 1. The molecule has 0 atom stereocenters. The zero-order valence-electron chi connectivity index (χ0n) is 13.8. The van der Waals surface area contributed by atoms with Crippen molar-refractivity contribution in [2.24, 2.45) is 0 Å². The molecule has 0 radical (unpaired) electrons. The Hall–Kier alpha value is -2.23. The van der Waals surface area contributed by atoms with Crippen molar-refractivity contribution < 1.29 is 4.79 Å². The Morgan fingerprint density at radius 2 is 1.72 bits per heavy atom. The minimum Gasteiger partial charge on any atom is -0.322 e. The summed E-state index contributed by atoms with van der Waals surface area (Å²) in [6, 6.07) is 23.4. The molecule has 126 valence electrons. The van der Waals surface area contributed by atoms with Gasteiger partial charge in [0.1, 0.15) is 0 Å². The third-order valence-corrected chi connectivity index (χ3v) is 5.19. The number of rotatable bonds is 5. The number of carbonyl (C=O) groups is 1. The zero-order valence-corrected chi connectivity index (χ0v) is 15.4. The SMILES string of the molecule is Cc1cc(Cl)ccc1NC(=O)c1ccccc1SCc1ccccc1. The summed E-state index contributed by atoms with van der Waals surface area (Å²) in [5.74, 6) is 0.715. The van der Waals surface area contributed by atoms with Gasteiger partial charge in [0.2, 0.25) is 0 Å². The maximum Gasteiger partial charge on any atom is 0.256 e. The van der Waals surface area contributed by atoms with Crippen LogP contribution in [0.2, 0.25) is 5.02 Å². The molecule has 0 heterocycles. The first kappa shape index (κ1) is 17.6. The van der Waals surface area contributed by atoms with Gasteiger partial charge >= 0.3 is 0 Å². The first-order valence-electron chi connectivity index (χ1n) is 7.97. The molecule has 3 aromatic rings. The summed E-state index contributed by atoms with van der Waals surface area (Å²) in [6.45, 7) is 1.93. The molecule has 2 nitrogen and oxygen atoms in total. The Bertz CT molecular complexity index is 880. The highest BCUT2D eigenvalue weighted by Gasteiger charge is 2.13. The van der Waals surface area contributed by atoms with E-state index >= 15 is 0 Å². The van der Waals surface area contributed by atoms with E-state index in [0.717, 1.165) is 21.9 Å². The summed E-state index contributed by atoms with van der Waals surface area (Å²) in [5.41, 5.74) is 3.63.